The summed E-state index contributed by atoms with van der Waals surface area (Å²) in [6, 6.07) is 1.16. The van der Waals surface area contributed by atoms with Gasteiger partial charge in [-0.1, -0.05) is 0 Å². The van der Waals surface area contributed by atoms with E-state index < -0.39 is 12.6 Å². The average molecular weight is 273 g/mol. The maximum Gasteiger partial charge on any atom is 0.388 e. The standard InChI is InChI=1S/C9H9F2N5O3/c1-16-4(19-9(10)11)2-3(15-16)6-5(8(17)18)7(12)14-13-6/h2,9H,1H3,(H,17,18)(H3,12,13,14). The number of anilines is 1. The van der Waals surface area contributed by atoms with Gasteiger partial charge < -0.3 is 15.6 Å². The molecule has 2 rings (SSSR count). The summed E-state index contributed by atoms with van der Waals surface area (Å²) in [5.41, 5.74) is 5.22. The molecule has 0 saturated heterocycles. The van der Waals surface area contributed by atoms with Crippen LogP contribution in [0.1, 0.15) is 10.4 Å². The molecule has 0 amide bonds. The topological polar surface area (TPSA) is 119 Å². The van der Waals surface area contributed by atoms with E-state index in [9.17, 15) is 13.6 Å². The van der Waals surface area contributed by atoms with Crippen LogP contribution in [0.5, 0.6) is 5.88 Å². The maximum absolute atomic E-state index is 12.1. The lowest BCUT2D eigenvalue weighted by atomic mass is 10.2. The number of carboxylic acids is 1. The lowest BCUT2D eigenvalue weighted by molar-refractivity contribution is -0.0553. The second-order valence-corrected chi connectivity index (χ2v) is 3.53. The third-order valence-electron chi connectivity index (χ3n) is 2.31. The molecule has 0 bridgehead atoms. The zero-order valence-electron chi connectivity index (χ0n) is 9.59. The number of halogens is 2. The molecule has 2 heterocycles. The fourth-order valence-corrected chi connectivity index (χ4v) is 1.53. The monoisotopic (exact) mass is 273 g/mol. The van der Waals surface area contributed by atoms with Crippen molar-refractivity contribution in [2.24, 2.45) is 7.05 Å². The number of nitrogens with one attached hydrogen (secondary N) is 1. The van der Waals surface area contributed by atoms with Crippen molar-refractivity contribution < 1.29 is 23.4 Å². The second kappa shape index (κ2) is 4.55. The number of nitrogens with two attached hydrogens (primary N) is 1. The summed E-state index contributed by atoms with van der Waals surface area (Å²) in [5.74, 6) is -1.73. The number of aromatic amines is 1. The fourth-order valence-electron chi connectivity index (χ4n) is 1.53. The minimum atomic E-state index is -3.01. The Balaban J connectivity index is 2.46. The smallest absolute Gasteiger partial charge is 0.388 e. The zero-order chi connectivity index (χ0) is 14.2. The van der Waals surface area contributed by atoms with Crippen LogP contribution in [0, 0.1) is 0 Å². The molecule has 0 aliphatic rings. The molecule has 102 valence electrons. The van der Waals surface area contributed by atoms with E-state index in [2.05, 4.69) is 20.0 Å². The summed E-state index contributed by atoms with van der Waals surface area (Å²) in [6.07, 6.45) is 0. The van der Waals surface area contributed by atoms with Gasteiger partial charge in [0.1, 0.15) is 17.0 Å². The first-order valence-corrected chi connectivity index (χ1v) is 4.96. The van der Waals surface area contributed by atoms with Gasteiger partial charge in [0.15, 0.2) is 5.82 Å². The van der Waals surface area contributed by atoms with Crippen molar-refractivity contribution in [2.75, 3.05) is 5.73 Å². The van der Waals surface area contributed by atoms with Crippen LogP contribution in [0.4, 0.5) is 14.6 Å². The zero-order valence-corrected chi connectivity index (χ0v) is 9.59. The minimum Gasteiger partial charge on any atom is -0.477 e. The lowest BCUT2D eigenvalue weighted by Gasteiger charge is -2.01. The Hall–Kier alpha value is -2.65. The van der Waals surface area contributed by atoms with Crippen LogP contribution in [-0.4, -0.2) is 37.7 Å². The summed E-state index contributed by atoms with van der Waals surface area (Å²) >= 11 is 0. The van der Waals surface area contributed by atoms with Crippen LogP contribution in [0.15, 0.2) is 6.07 Å². The molecule has 0 unspecified atom stereocenters. The maximum atomic E-state index is 12.1. The summed E-state index contributed by atoms with van der Waals surface area (Å²) in [4.78, 5) is 11.0. The SMILES string of the molecule is Cn1nc(-c2[nH]nc(N)c2C(=O)O)cc1OC(F)F. The van der Waals surface area contributed by atoms with Crippen molar-refractivity contribution in [3.8, 4) is 17.3 Å². The molecule has 19 heavy (non-hydrogen) atoms. The van der Waals surface area contributed by atoms with E-state index in [-0.39, 0.29) is 28.6 Å². The van der Waals surface area contributed by atoms with Crippen LogP contribution in [0.25, 0.3) is 11.4 Å². The Morgan fingerprint density at radius 3 is 2.89 bits per heavy atom. The fraction of sp³-hybridized carbons (Fsp3) is 0.222. The van der Waals surface area contributed by atoms with Crippen LogP contribution >= 0.6 is 0 Å². The van der Waals surface area contributed by atoms with Crippen molar-refractivity contribution >= 4 is 11.8 Å². The molecule has 0 aromatic carbocycles. The van der Waals surface area contributed by atoms with Crippen molar-refractivity contribution in [3.63, 3.8) is 0 Å². The van der Waals surface area contributed by atoms with Gasteiger partial charge in [-0.15, -0.1) is 0 Å². The number of hydrogen-bond donors (Lipinski definition) is 3. The largest absolute Gasteiger partial charge is 0.477 e. The number of alkyl halides is 2. The number of hydrogen-bond acceptors (Lipinski definition) is 5. The molecular formula is C9H9F2N5O3. The quantitative estimate of drug-likeness (QED) is 0.754. The average Bonchev–Trinajstić information content (AvgIpc) is 2.82. The first kappa shape index (κ1) is 12.8. The minimum absolute atomic E-state index is 0.0183. The van der Waals surface area contributed by atoms with E-state index in [0.29, 0.717) is 0 Å². The molecule has 0 atom stereocenters. The van der Waals surface area contributed by atoms with Gasteiger partial charge in [-0.25, -0.2) is 9.48 Å². The normalized spacial score (nSPS) is 10.9. The van der Waals surface area contributed by atoms with Crippen LogP contribution < -0.4 is 10.5 Å². The van der Waals surface area contributed by atoms with E-state index in [1.807, 2.05) is 0 Å². The summed E-state index contributed by atoms with van der Waals surface area (Å²) in [7, 11) is 1.38. The van der Waals surface area contributed by atoms with E-state index in [1.54, 1.807) is 0 Å². The van der Waals surface area contributed by atoms with E-state index in [1.165, 1.54) is 7.05 Å². The molecular weight excluding hydrogens is 264 g/mol. The van der Waals surface area contributed by atoms with E-state index >= 15 is 0 Å². The number of aryl methyl sites for hydroxylation is 1. The predicted octanol–water partition coefficient (Wildman–Crippen LogP) is 0.692. The highest BCUT2D eigenvalue weighted by atomic mass is 19.3. The van der Waals surface area contributed by atoms with E-state index in [0.717, 1.165) is 10.7 Å². The Labute approximate surface area is 104 Å². The van der Waals surface area contributed by atoms with Crippen molar-refractivity contribution in [1.82, 2.24) is 20.0 Å². The molecule has 0 aliphatic heterocycles. The molecule has 0 spiro atoms. The van der Waals surface area contributed by atoms with Crippen LogP contribution in [-0.2, 0) is 7.05 Å². The summed E-state index contributed by atoms with van der Waals surface area (Å²) < 4.78 is 29.5. The van der Waals surface area contributed by atoms with Gasteiger partial charge in [-0.2, -0.15) is 19.0 Å². The first-order valence-electron chi connectivity index (χ1n) is 4.96. The third-order valence-corrected chi connectivity index (χ3v) is 2.31. The number of ether oxygens (including phenoxy) is 1. The highest BCUT2D eigenvalue weighted by Gasteiger charge is 2.22. The molecule has 2 aromatic heterocycles. The number of aromatic carboxylic acids is 1. The van der Waals surface area contributed by atoms with Gasteiger partial charge in [0, 0.05) is 13.1 Å². The highest BCUT2D eigenvalue weighted by Crippen LogP contribution is 2.27. The summed E-state index contributed by atoms with van der Waals surface area (Å²) in [5, 5.41) is 18.8. The van der Waals surface area contributed by atoms with Crippen molar-refractivity contribution in [1.29, 1.82) is 0 Å². The highest BCUT2D eigenvalue weighted by molar-refractivity contribution is 5.99. The van der Waals surface area contributed by atoms with Crippen LogP contribution in [0.2, 0.25) is 0 Å². The Morgan fingerprint density at radius 1 is 1.63 bits per heavy atom. The van der Waals surface area contributed by atoms with Gasteiger partial charge >= 0.3 is 12.6 Å². The molecule has 8 nitrogen and oxygen atoms in total. The van der Waals surface area contributed by atoms with Crippen molar-refractivity contribution in [2.45, 2.75) is 6.61 Å². The molecule has 10 heteroatoms. The second-order valence-electron chi connectivity index (χ2n) is 3.53. The van der Waals surface area contributed by atoms with Gasteiger partial charge in [-0.05, 0) is 0 Å². The molecule has 0 saturated carbocycles. The van der Waals surface area contributed by atoms with Crippen LogP contribution in [0.3, 0.4) is 0 Å². The number of carboxylic acid groups (broad SMARTS) is 1. The summed E-state index contributed by atoms with van der Waals surface area (Å²) in [6.45, 7) is -3.01. The third kappa shape index (κ3) is 2.32. The van der Waals surface area contributed by atoms with Gasteiger partial charge in [0.25, 0.3) is 0 Å². The van der Waals surface area contributed by atoms with E-state index in [4.69, 9.17) is 10.8 Å². The molecule has 0 radical (unpaired) electrons. The Morgan fingerprint density at radius 2 is 2.32 bits per heavy atom. The molecule has 2 aromatic rings. The number of carbonyl (C=O) groups is 1. The molecule has 0 fully saturated rings. The van der Waals surface area contributed by atoms with Gasteiger partial charge in [0.05, 0.1) is 0 Å². The first-order chi connectivity index (χ1) is 8.90. The molecule has 4 N–H and O–H groups in total. The van der Waals surface area contributed by atoms with Crippen molar-refractivity contribution in [3.05, 3.63) is 11.6 Å². The van der Waals surface area contributed by atoms with Gasteiger partial charge in [-0.3, -0.25) is 5.10 Å². The molecule has 0 aliphatic carbocycles. The number of nitrogens with zero attached hydrogens (tertiary/aromatic N) is 3. The lowest BCUT2D eigenvalue weighted by Crippen LogP contribution is -2.05. The Bertz CT molecular complexity index is 621. The Kier molecular flexibility index (Phi) is 3.07. The number of nitrogen functional groups attached to an aromatic ring is 1. The predicted molar refractivity (Wildman–Crippen MR) is 58.8 cm³/mol. The number of aromatic nitrogens is 4. The number of rotatable bonds is 4. The number of H-pyrrole nitrogens is 1. The van der Waals surface area contributed by atoms with Gasteiger partial charge in [0.2, 0.25) is 5.88 Å².